The van der Waals surface area contributed by atoms with E-state index in [1.807, 2.05) is 62.4 Å². The van der Waals surface area contributed by atoms with Crippen molar-refractivity contribution in [1.29, 1.82) is 0 Å². The summed E-state index contributed by atoms with van der Waals surface area (Å²) in [4.78, 5) is 0. The van der Waals surface area contributed by atoms with Gasteiger partial charge >= 0.3 is 5.96 Å². The van der Waals surface area contributed by atoms with Gasteiger partial charge in [0.1, 0.15) is 0 Å². The van der Waals surface area contributed by atoms with Crippen LogP contribution in [-0.2, 0) is 0 Å². The van der Waals surface area contributed by atoms with Crippen LogP contribution in [-0.4, -0.2) is 5.96 Å². The first-order valence-corrected chi connectivity index (χ1v) is 6.43. The lowest BCUT2D eigenvalue weighted by atomic mass is 10.1. The molecule has 0 atom stereocenters. The Labute approximate surface area is 117 Å². The molecule has 0 aliphatic carbocycles. The second kappa shape index (κ2) is 4.54. The van der Waals surface area contributed by atoms with Gasteiger partial charge in [0.15, 0.2) is 11.4 Å². The minimum Gasteiger partial charge on any atom is -0.333 e. The first-order valence-electron chi connectivity index (χ1n) is 6.43. The topological polar surface area (TPSA) is 63.1 Å². The number of hydrogen-bond donors (Lipinski definition) is 1. The summed E-state index contributed by atoms with van der Waals surface area (Å²) < 4.78 is 0.000556. The third-order valence-electron chi connectivity index (χ3n) is 3.47. The smallest absolute Gasteiger partial charge is 0.333 e. The van der Waals surface area contributed by atoms with Gasteiger partial charge < -0.3 is 5.73 Å². The summed E-state index contributed by atoms with van der Waals surface area (Å²) in [6.45, 7) is 4.09. The van der Waals surface area contributed by atoms with Gasteiger partial charge in [-0.3, -0.25) is 0 Å². The Morgan fingerprint density at radius 1 is 0.800 bits per heavy atom. The van der Waals surface area contributed by atoms with E-state index in [-0.39, 0.29) is 4.59 Å². The number of guanidine groups is 1. The molecule has 2 aromatic carbocycles. The number of quaternary nitrogens is 1. The second-order valence-corrected chi connectivity index (χ2v) is 4.94. The lowest BCUT2D eigenvalue weighted by Crippen LogP contribution is -2.47. The average molecular weight is 266 g/mol. The summed E-state index contributed by atoms with van der Waals surface area (Å²) in [6, 6.07) is 16.1. The van der Waals surface area contributed by atoms with E-state index in [0.29, 0.717) is 5.96 Å². The molecule has 0 bridgehead atoms. The van der Waals surface area contributed by atoms with E-state index in [1.165, 1.54) is 11.1 Å². The number of aryl methyl sites for hydroxylation is 2. The van der Waals surface area contributed by atoms with Crippen LogP contribution in [0.15, 0.2) is 64.1 Å². The van der Waals surface area contributed by atoms with E-state index in [9.17, 15) is 0 Å². The fraction of sp³-hybridized carbons (Fsp3) is 0.133. The molecular formula is C15H16N5+. The molecule has 5 nitrogen and oxygen atoms in total. The van der Waals surface area contributed by atoms with Gasteiger partial charge in [-0.05, 0) is 23.5 Å². The Hall–Kier alpha value is -2.53. The molecule has 0 aromatic heterocycles. The predicted octanol–water partition coefficient (Wildman–Crippen LogP) is 3.55. The summed E-state index contributed by atoms with van der Waals surface area (Å²) in [6.07, 6.45) is 0. The van der Waals surface area contributed by atoms with Crippen LogP contribution in [0, 0.1) is 13.8 Å². The zero-order valence-corrected chi connectivity index (χ0v) is 11.5. The maximum atomic E-state index is 6.09. The molecule has 1 aliphatic heterocycles. The minimum absolute atomic E-state index is 0.000556. The van der Waals surface area contributed by atoms with Crippen LogP contribution in [0.1, 0.15) is 11.1 Å². The molecule has 1 heterocycles. The van der Waals surface area contributed by atoms with Crippen molar-refractivity contribution in [2.75, 3.05) is 0 Å². The first kappa shape index (κ1) is 12.5. The van der Waals surface area contributed by atoms with E-state index in [2.05, 4.69) is 15.5 Å². The highest BCUT2D eigenvalue weighted by molar-refractivity contribution is 5.96. The lowest BCUT2D eigenvalue weighted by Gasteiger charge is -2.24. The molecule has 0 fully saturated rings. The average Bonchev–Trinajstić information content (AvgIpc) is 2.83. The monoisotopic (exact) mass is 266 g/mol. The SMILES string of the molecule is Cc1ccc([N+]2(c3ccc(C)cc3)N=NN=C2N)cc1. The molecule has 0 saturated heterocycles. The summed E-state index contributed by atoms with van der Waals surface area (Å²) in [5.41, 5.74) is 10.3. The van der Waals surface area contributed by atoms with Gasteiger partial charge in [-0.2, -0.15) is 0 Å². The van der Waals surface area contributed by atoms with Crippen molar-refractivity contribution in [3.63, 3.8) is 0 Å². The molecule has 0 unspecified atom stereocenters. The van der Waals surface area contributed by atoms with E-state index in [4.69, 9.17) is 5.73 Å². The summed E-state index contributed by atoms with van der Waals surface area (Å²) in [7, 11) is 0. The van der Waals surface area contributed by atoms with Crippen molar-refractivity contribution >= 4 is 17.3 Å². The first-order chi connectivity index (χ1) is 9.63. The van der Waals surface area contributed by atoms with Crippen molar-refractivity contribution in [2.45, 2.75) is 13.8 Å². The van der Waals surface area contributed by atoms with Gasteiger partial charge in [-0.1, -0.05) is 35.4 Å². The third kappa shape index (κ3) is 1.80. The molecule has 5 heteroatoms. The molecule has 0 saturated carbocycles. The predicted molar refractivity (Wildman–Crippen MR) is 80.3 cm³/mol. The quantitative estimate of drug-likeness (QED) is 0.830. The van der Waals surface area contributed by atoms with Crippen molar-refractivity contribution in [1.82, 2.24) is 4.59 Å². The number of nitrogens with zero attached hydrogens (tertiary/aromatic N) is 4. The van der Waals surface area contributed by atoms with Gasteiger partial charge in [0.05, 0.1) is 5.22 Å². The molecule has 20 heavy (non-hydrogen) atoms. The van der Waals surface area contributed by atoms with Crippen molar-refractivity contribution in [3.8, 4) is 0 Å². The summed E-state index contributed by atoms with van der Waals surface area (Å²) >= 11 is 0. The lowest BCUT2D eigenvalue weighted by molar-refractivity contribution is 0.569. The van der Waals surface area contributed by atoms with E-state index >= 15 is 0 Å². The second-order valence-electron chi connectivity index (χ2n) is 4.94. The van der Waals surface area contributed by atoms with Crippen LogP contribution < -0.4 is 10.3 Å². The van der Waals surface area contributed by atoms with Crippen LogP contribution in [0.2, 0.25) is 0 Å². The Bertz CT molecular complexity index is 638. The van der Waals surface area contributed by atoms with Crippen molar-refractivity contribution in [3.05, 3.63) is 59.7 Å². The molecule has 2 aromatic rings. The molecule has 0 amide bonds. The molecule has 2 N–H and O–H groups in total. The van der Waals surface area contributed by atoms with Crippen LogP contribution in [0.4, 0.5) is 11.4 Å². The molecule has 1 aliphatic rings. The van der Waals surface area contributed by atoms with Gasteiger partial charge in [0.25, 0.3) is 0 Å². The minimum atomic E-state index is 0.000556. The summed E-state index contributed by atoms with van der Waals surface area (Å²) in [5.74, 6) is 0.345. The fourth-order valence-electron chi connectivity index (χ4n) is 2.27. The van der Waals surface area contributed by atoms with Crippen LogP contribution in [0.3, 0.4) is 0 Å². The van der Waals surface area contributed by atoms with Crippen LogP contribution in [0.5, 0.6) is 0 Å². The fourth-order valence-corrected chi connectivity index (χ4v) is 2.27. The molecule has 0 radical (unpaired) electrons. The number of rotatable bonds is 2. The van der Waals surface area contributed by atoms with Gasteiger partial charge in [0.2, 0.25) is 0 Å². The molecule has 0 spiro atoms. The maximum absolute atomic E-state index is 6.09. The number of hydrogen-bond acceptors (Lipinski definition) is 4. The Morgan fingerprint density at radius 2 is 1.25 bits per heavy atom. The zero-order valence-electron chi connectivity index (χ0n) is 11.5. The van der Waals surface area contributed by atoms with Crippen LogP contribution >= 0.6 is 0 Å². The normalized spacial score (nSPS) is 16.2. The Morgan fingerprint density at radius 3 is 1.60 bits per heavy atom. The van der Waals surface area contributed by atoms with Gasteiger partial charge in [-0.15, -0.1) is 0 Å². The zero-order chi connectivity index (χ0) is 14.2. The summed E-state index contributed by atoms with van der Waals surface area (Å²) in [5, 5.41) is 12.0. The van der Waals surface area contributed by atoms with E-state index in [0.717, 1.165) is 11.4 Å². The van der Waals surface area contributed by atoms with E-state index < -0.39 is 0 Å². The van der Waals surface area contributed by atoms with Crippen molar-refractivity contribution in [2.24, 2.45) is 21.3 Å². The van der Waals surface area contributed by atoms with E-state index in [1.54, 1.807) is 0 Å². The Kier molecular flexibility index (Phi) is 2.84. The molecule has 3 rings (SSSR count). The highest BCUT2D eigenvalue weighted by Crippen LogP contribution is 2.37. The number of nitrogens with two attached hydrogens (primary N) is 1. The van der Waals surface area contributed by atoms with Gasteiger partial charge in [0, 0.05) is 29.5 Å². The number of benzene rings is 2. The van der Waals surface area contributed by atoms with Crippen LogP contribution in [0.25, 0.3) is 0 Å². The highest BCUT2D eigenvalue weighted by Gasteiger charge is 2.43. The Balaban J connectivity index is 2.20. The maximum Gasteiger partial charge on any atom is 0.359 e. The standard InChI is InChI=1S/C15H16N5/c1-11-3-7-13(8-4-11)20(15(16)17-18-19-20)14-9-5-12(2)6-10-14/h3-10H,1-2H3,(H2,16,17,19)/q+1. The highest BCUT2D eigenvalue weighted by atomic mass is 15.8. The molecular weight excluding hydrogens is 250 g/mol. The molecule has 100 valence electrons. The van der Waals surface area contributed by atoms with Crippen molar-refractivity contribution < 1.29 is 0 Å². The van der Waals surface area contributed by atoms with Gasteiger partial charge in [-0.25, -0.2) is 0 Å². The largest absolute Gasteiger partial charge is 0.359 e. The third-order valence-corrected chi connectivity index (χ3v) is 3.47.